The summed E-state index contributed by atoms with van der Waals surface area (Å²) in [6, 6.07) is 0. The van der Waals surface area contributed by atoms with E-state index in [0.29, 0.717) is 24.8 Å². The van der Waals surface area contributed by atoms with Crippen molar-refractivity contribution in [3.8, 4) is 0 Å². The Bertz CT molecular complexity index is 885. The fourth-order valence-electron chi connectivity index (χ4n) is 4.29. The van der Waals surface area contributed by atoms with Crippen molar-refractivity contribution in [1.82, 2.24) is 5.32 Å². The molecular weight excluding hydrogens is 450 g/mol. The number of carbonyl (C=O) groups is 4. The molecule has 0 saturated carbocycles. The van der Waals surface area contributed by atoms with Crippen molar-refractivity contribution in [2.45, 2.75) is 71.2 Å². The van der Waals surface area contributed by atoms with Crippen molar-refractivity contribution in [3.05, 3.63) is 48.1 Å². The number of imide groups is 1. The first kappa shape index (κ1) is 28.4. The first-order chi connectivity index (χ1) is 16.6. The van der Waals surface area contributed by atoms with Crippen LogP contribution in [0.3, 0.4) is 0 Å². The zero-order valence-electron chi connectivity index (χ0n) is 20.9. The second-order valence-electron chi connectivity index (χ2n) is 9.30. The van der Waals surface area contributed by atoms with E-state index in [1.807, 2.05) is 19.1 Å². The zero-order chi connectivity index (χ0) is 26.0. The number of nitrogens with one attached hydrogen (secondary N) is 1. The number of rotatable bonds is 6. The van der Waals surface area contributed by atoms with Crippen molar-refractivity contribution in [3.63, 3.8) is 0 Å². The van der Waals surface area contributed by atoms with E-state index in [2.05, 4.69) is 5.32 Å². The number of ketones is 1. The molecule has 1 unspecified atom stereocenters. The van der Waals surface area contributed by atoms with Crippen LogP contribution in [0, 0.1) is 17.8 Å². The average molecular weight is 488 g/mol. The van der Waals surface area contributed by atoms with Crippen LogP contribution in [0.25, 0.3) is 0 Å². The van der Waals surface area contributed by atoms with Crippen LogP contribution in [0.2, 0.25) is 0 Å². The Balaban J connectivity index is 2.19. The van der Waals surface area contributed by atoms with Gasteiger partial charge in [0.2, 0.25) is 11.8 Å². The van der Waals surface area contributed by atoms with E-state index in [-0.39, 0.29) is 42.3 Å². The predicted molar refractivity (Wildman–Crippen MR) is 131 cm³/mol. The summed E-state index contributed by atoms with van der Waals surface area (Å²) >= 11 is 0. The van der Waals surface area contributed by atoms with Gasteiger partial charge in [0.15, 0.2) is 5.78 Å². The van der Waals surface area contributed by atoms with Gasteiger partial charge in [-0.15, -0.1) is 0 Å². The first-order valence-corrected chi connectivity index (χ1v) is 12.1. The Labute approximate surface area is 207 Å². The molecule has 2 heterocycles. The number of amides is 2. The third kappa shape index (κ3) is 9.03. The van der Waals surface area contributed by atoms with E-state index in [4.69, 9.17) is 9.47 Å². The number of carbonyl (C=O) groups excluding carboxylic acids is 4. The van der Waals surface area contributed by atoms with Crippen LogP contribution >= 0.6 is 0 Å². The number of cyclic esters (lactones) is 1. The van der Waals surface area contributed by atoms with E-state index >= 15 is 0 Å². The molecule has 2 aliphatic rings. The van der Waals surface area contributed by atoms with Crippen molar-refractivity contribution in [2.75, 3.05) is 7.11 Å². The van der Waals surface area contributed by atoms with Gasteiger partial charge in [0, 0.05) is 31.9 Å². The quantitative estimate of drug-likeness (QED) is 0.256. The molecule has 2 rings (SSSR count). The number of methoxy groups -OCH3 is 1. The van der Waals surface area contributed by atoms with Gasteiger partial charge in [-0.05, 0) is 43.8 Å². The lowest BCUT2D eigenvalue weighted by Gasteiger charge is -2.27. The van der Waals surface area contributed by atoms with E-state index < -0.39 is 30.2 Å². The first-order valence-electron chi connectivity index (χ1n) is 12.1. The molecule has 0 aromatic carbocycles. The maximum atomic E-state index is 12.9. The molecule has 0 aromatic rings. The molecule has 8 nitrogen and oxygen atoms in total. The summed E-state index contributed by atoms with van der Waals surface area (Å²) in [6.07, 6.45) is 11.8. The molecule has 0 aliphatic carbocycles. The van der Waals surface area contributed by atoms with Gasteiger partial charge >= 0.3 is 5.97 Å². The minimum Gasteiger partial charge on any atom is -0.454 e. The van der Waals surface area contributed by atoms with E-state index in [9.17, 15) is 24.3 Å². The van der Waals surface area contributed by atoms with Crippen molar-refractivity contribution in [2.24, 2.45) is 17.8 Å². The third-order valence-corrected chi connectivity index (χ3v) is 6.33. The van der Waals surface area contributed by atoms with Crippen LogP contribution < -0.4 is 5.32 Å². The third-order valence-electron chi connectivity index (χ3n) is 6.33. The predicted octanol–water partition coefficient (Wildman–Crippen LogP) is 2.97. The smallest absolute Gasteiger partial charge is 0.331 e. The molecule has 35 heavy (non-hydrogen) atoms. The highest BCUT2D eigenvalue weighted by Crippen LogP contribution is 2.24. The van der Waals surface area contributed by atoms with Crippen LogP contribution in [0.15, 0.2) is 48.1 Å². The Morgan fingerprint density at radius 2 is 1.89 bits per heavy atom. The maximum Gasteiger partial charge on any atom is 0.331 e. The standard InChI is InChI=1S/C27H37NO7/c1-17-14-18(2)27(35-25(32)13-8-6-5-7-12-22(34-4)26(17)33)19(3)21(29)11-9-10-20-15-23(30)28-24(31)16-20/h7-9,11-14,17,19-20,22,26-27,33H,5-6,10,15-16H2,1-4H3,(H,28,30,31)/t17-,19-,22+,26+,27?/m1/s1. The lowest BCUT2D eigenvalue weighted by Crippen LogP contribution is -2.38. The fourth-order valence-corrected chi connectivity index (χ4v) is 4.29. The number of ether oxygens (including phenoxy) is 2. The molecule has 192 valence electrons. The number of esters is 1. The number of hydrogen-bond acceptors (Lipinski definition) is 7. The normalized spacial score (nSPS) is 28.3. The zero-order valence-corrected chi connectivity index (χ0v) is 20.9. The molecular formula is C27H37NO7. The van der Waals surface area contributed by atoms with Crippen LogP contribution in [0.4, 0.5) is 0 Å². The number of allylic oxidation sites excluding steroid dienone is 4. The largest absolute Gasteiger partial charge is 0.454 e. The Morgan fingerprint density at radius 1 is 1.23 bits per heavy atom. The lowest BCUT2D eigenvalue weighted by molar-refractivity contribution is -0.145. The summed E-state index contributed by atoms with van der Waals surface area (Å²) < 4.78 is 11.1. The number of aliphatic hydroxyl groups excluding tert-OH is 1. The lowest BCUT2D eigenvalue weighted by atomic mass is 9.89. The number of piperidine rings is 1. The highest BCUT2D eigenvalue weighted by molar-refractivity contribution is 5.97. The number of hydrogen-bond donors (Lipinski definition) is 2. The second-order valence-corrected chi connectivity index (χ2v) is 9.30. The molecule has 2 N–H and O–H groups in total. The van der Waals surface area contributed by atoms with Gasteiger partial charge in [0.05, 0.1) is 12.0 Å². The van der Waals surface area contributed by atoms with Crippen molar-refractivity contribution < 1.29 is 33.8 Å². The SMILES string of the molecule is CO[C@H]1C=CCCC=CC(=O)OC([C@H](C)C(=O)C=CCC2CC(=O)NC(=O)C2)C(C)=C[C@@H](C)[C@@H]1O. The van der Waals surface area contributed by atoms with Crippen LogP contribution in [-0.2, 0) is 28.7 Å². The van der Waals surface area contributed by atoms with Gasteiger partial charge in [-0.25, -0.2) is 4.79 Å². The van der Waals surface area contributed by atoms with Crippen molar-refractivity contribution in [1.29, 1.82) is 0 Å². The molecule has 0 bridgehead atoms. The van der Waals surface area contributed by atoms with Gasteiger partial charge in [0.1, 0.15) is 12.2 Å². The van der Waals surface area contributed by atoms with E-state index in [1.165, 1.54) is 19.3 Å². The molecule has 0 spiro atoms. The highest BCUT2D eigenvalue weighted by Gasteiger charge is 2.30. The minimum absolute atomic E-state index is 0.139. The topological polar surface area (TPSA) is 119 Å². The summed E-state index contributed by atoms with van der Waals surface area (Å²) in [5.74, 6) is -2.52. The minimum atomic E-state index is -0.819. The van der Waals surface area contributed by atoms with Crippen LogP contribution in [-0.4, -0.2) is 54.1 Å². The van der Waals surface area contributed by atoms with Crippen LogP contribution in [0.5, 0.6) is 0 Å². The maximum absolute atomic E-state index is 12.9. The van der Waals surface area contributed by atoms with Gasteiger partial charge in [-0.1, -0.05) is 44.2 Å². The highest BCUT2D eigenvalue weighted by atomic mass is 16.5. The molecule has 1 fully saturated rings. The molecule has 2 aliphatic heterocycles. The van der Waals surface area contributed by atoms with Crippen molar-refractivity contribution >= 4 is 23.6 Å². The summed E-state index contributed by atoms with van der Waals surface area (Å²) in [5, 5.41) is 13.0. The van der Waals surface area contributed by atoms with Gasteiger partial charge in [-0.2, -0.15) is 0 Å². The second kappa shape index (κ2) is 13.9. The Morgan fingerprint density at radius 3 is 2.54 bits per heavy atom. The van der Waals surface area contributed by atoms with Crippen LogP contribution in [0.1, 0.15) is 52.9 Å². The Kier molecular flexibility index (Phi) is 11.3. The fraction of sp³-hybridized carbons (Fsp3) is 0.556. The monoisotopic (exact) mass is 487 g/mol. The summed E-state index contributed by atoms with van der Waals surface area (Å²) in [5.41, 5.74) is 0.651. The van der Waals surface area contributed by atoms with Gasteiger partial charge < -0.3 is 14.6 Å². The summed E-state index contributed by atoms with van der Waals surface area (Å²) in [7, 11) is 1.54. The van der Waals surface area contributed by atoms with E-state index in [1.54, 1.807) is 32.1 Å². The number of aliphatic hydroxyl groups is 1. The Hall–Kier alpha value is -2.84. The van der Waals surface area contributed by atoms with E-state index in [0.717, 1.165) is 0 Å². The molecule has 2 amide bonds. The molecule has 8 heteroatoms. The molecule has 0 aromatic heterocycles. The van der Waals surface area contributed by atoms with Gasteiger partial charge in [-0.3, -0.25) is 19.7 Å². The average Bonchev–Trinajstić information content (AvgIpc) is 2.79. The van der Waals surface area contributed by atoms with Gasteiger partial charge in [0.25, 0.3) is 0 Å². The summed E-state index contributed by atoms with van der Waals surface area (Å²) in [4.78, 5) is 48.5. The molecule has 0 radical (unpaired) electrons. The molecule has 1 saturated heterocycles. The summed E-state index contributed by atoms with van der Waals surface area (Å²) in [6.45, 7) is 5.30. The molecule has 5 atom stereocenters.